The van der Waals surface area contributed by atoms with E-state index < -0.39 is 26.8 Å². The first-order chi connectivity index (χ1) is 20.3. The summed E-state index contributed by atoms with van der Waals surface area (Å²) >= 11 is 0. The molecule has 4 heterocycles. The number of alkyl halides is 3. The van der Waals surface area contributed by atoms with Gasteiger partial charge in [0.1, 0.15) is 15.5 Å². The standard InChI is InChI=1S/C28H37F3N8O3S/c1-19-26(39-27(33-19)24(32-18-36(2)3)16-25(35-39)38-12-14-42-15-13-38)34-23-7-5-6-22(28(29,30)31)21(23)17-37-10-8-20(9-11-37)43(4,40)41/h5-7,16,18,20,34H,8-15,17H2,1-4H3. The Morgan fingerprint density at radius 1 is 1.16 bits per heavy atom. The van der Waals surface area contributed by atoms with Gasteiger partial charge in [-0.25, -0.2) is 18.4 Å². The summed E-state index contributed by atoms with van der Waals surface area (Å²) in [6.07, 6.45) is -0.947. The summed E-state index contributed by atoms with van der Waals surface area (Å²) in [6.45, 7) is 4.94. The van der Waals surface area contributed by atoms with E-state index in [1.807, 2.05) is 25.1 Å². The molecule has 234 valence electrons. The van der Waals surface area contributed by atoms with Gasteiger partial charge < -0.3 is 19.9 Å². The van der Waals surface area contributed by atoms with E-state index in [0.29, 0.717) is 80.9 Å². The molecule has 0 unspecified atom stereocenters. The number of hydrogen-bond acceptors (Lipinski definition) is 9. The van der Waals surface area contributed by atoms with Crippen LogP contribution in [0.25, 0.3) is 5.65 Å². The molecule has 2 aliphatic heterocycles. The van der Waals surface area contributed by atoms with Crippen molar-refractivity contribution in [3.05, 3.63) is 41.1 Å². The summed E-state index contributed by atoms with van der Waals surface area (Å²) in [4.78, 5) is 15.1. The summed E-state index contributed by atoms with van der Waals surface area (Å²) in [5.41, 5.74) is 1.20. The lowest BCUT2D eigenvalue weighted by molar-refractivity contribution is -0.138. The van der Waals surface area contributed by atoms with Crippen LogP contribution in [0.5, 0.6) is 0 Å². The Morgan fingerprint density at radius 2 is 1.86 bits per heavy atom. The summed E-state index contributed by atoms with van der Waals surface area (Å²) in [6, 6.07) is 5.92. The number of benzene rings is 1. The molecule has 11 nitrogen and oxygen atoms in total. The first-order valence-electron chi connectivity index (χ1n) is 14.1. The minimum Gasteiger partial charge on any atom is -0.378 e. The van der Waals surface area contributed by atoms with Crippen LogP contribution < -0.4 is 10.2 Å². The van der Waals surface area contributed by atoms with Crippen molar-refractivity contribution in [2.24, 2.45) is 4.99 Å². The lowest BCUT2D eigenvalue weighted by Gasteiger charge is -2.32. The predicted molar refractivity (Wildman–Crippen MR) is 160 cm³/mol. The van der Waals surface area contributed by atoms with Crippen LogP contribution in [0.4, 0.5) is 36.2 Å². The molecule has 0 spiro atoms. The molecule has 1 aromatic carbocycles. The number of rotatable bonds is 8. The number of sulfone groups is 1. The number of ether oxygens (including phenoxy) is 1. The smallest absolute Gasteiger partial charge is 0.378 e. The van der Waals surface area contributed by atoms with Gasteiger partial charge in [-0.05, 0) is 45.0 Å². The fourth-order valence-corrected chi connectivity index (χ4v) is 6.52. The molecule has 2 fully saturated rings. The van der Waals surface area contributed by atoms with Gasteiger partial charge in [-0.2, -0.15) is 17.7 Å². The fraction of sp³-hybridized carbons (Fsp3) is 0.536. The van der Waals surface area contributed by atoms with E-state index in [9.17, 15) is 21.6 Å². The molecule has 0 radical (unpaired) electrons. The molecule has 0 saturated carbocycles. The largest absolute Gasteiger partial charge is 0.416 e. The zero-order chi connectivity index (χ0) is 30.9. The number of aliphatic imine (C=N–C) groups is 1. The number of aryl methyl sites for hydroxylation is 1. The third-order valence-corrected chi connectivity index (χ3v) is 9.43. The average molecular weight is 623 g/mol. The molecule has 0 aliphatic carbocycles. The van der Waals surface area contributed by atoms with Crippen LogP contribution in [-0.4, -0.2) is 104 Å². The van der Waals surface area contributed by atoms with Crippen LogP contribution in [-0.2, 0) is 27.3 Å². The Bertz CT molecular complexity index is 1590. The number of aromatic nitrogens is 3. The Labute approximate surface area is 249 Å². The molecule has 2 aliphatic rings. The highest BCUT2D eigenvalue weighted by Gasteiger charge is 2.36. The molecular formula is C28H37F3N8O3S. The van der Waals surface area contributed by atoms with E-state index in [1.54, 1.807) is 28.7 Å². The molecule has 43 heavy (non-hydrogen) atoms. The van der Waals surface area contributed by atoms with Crippen molar-refractivity contribution in [3.63, 3.8) is 0 Å². The molecule has 15 heteroatoms. The van der Waals surface area contributed by atoms with Crippen molar-refractivity contribution >= 4 is 44.8 Å². The van der Waals surface area contributed by atoms with Gasteiger partial charge in [-0.3, -0.25) is 4.90 Å². The van der Waals surface area contributed by atoms with Crippen LogP contribution in [0, 0.1) is 6.92 Å². The molecule has 0 amide bonds. The van der Waals surface area contributed by atoms with Crippen molar-refractivity contribution < 1.29 is 26.3 Å². The lowest BCUT2D eigenvalue weighted by atomic mass is 10.0. The third-order valence-electron chi connectivity index (χ3n) is 7.75. The molecule has 0 atom stereocenters. The highest BCUT2D eigenvalue weighted by atomic mass is 32.2. The van der Waals surface area contributed by atoms with E-state index in [2.05, 4.69) is 15.2 Å². The van der Waals surface area contributed by atoms with Gasteiger partial charge >= 0.3 is 6.18 Å². The van der Waals surface area contributed by atoms with E-state index in [-0.39, 0.29) is 17.8 Å². The zero-order valence-corrected chi connectivity index (χ0v) is 25.5. The molecule has 5 rings (SSSR count). The van der Waals surface area contributed by atoms with E-state index in [4.69, 9.17) is 14.8 Å². The van der Waals surface area contributed by atoms with Gasteiger partial charge in [0.05, 0.1) is 36.1 Å². The normalized spacial score (nSPS) is 17.7. The van der Waals surface area contributed by atoms with Crippen LogP contribution in [0.3, 0.4) is 0 Å². The van der Waals surface area contributed by atoms with E-state index >= 15 is 0 Å². The van der Waals surface area contributed by atoms with Gasteiger partial charge in [-0.15, -0.1) is 5.10 Å². The minimum atomic E-state index is -4.58. The highest BCUT2D eigenvalue weighted by Crippen LogP contribution is 2.38. The van der Waals surface area contributed by atoms with Crippen LogP contribution in [0.2, 0.25) is 0 Å². The number of halogens is 3. The second kappa shape index (κ2) is 12.3. The summed E-state index contributed by atoms with van der Waals surface area (Å²) in [5.74, 6) is 1.09. The number of morpholine rings is 1. The van der Waals surface area contributed by atoms with Gasteiger partial charge in [-0.1, -0.05) is 6.07 Å². The van der Waals surface area contributed by atoms with E-state index in [1.165, 1.54) is 12.3 Å². The maximum atomic E-state index is 14.3. The van der Waals surface area contributed by atoms with E-state index in [0.717, 1.165) is 6.07 Å². The summed E-state index contributed by atoms with van der Waals surface area (Å²) in [5, 5.41) is 7.59. The number of likely N-dealkylation sites (tertiary alicyclic amines) is 1. The Hall–Kier alpha value is -3.43. The zero-order valence-electron chi connectivity index (χ0n) is 24.7. The topological polar surface area (TPSA) is 108 Å². The van der Waals surface area contributed by atoms with Gasteiger partial charge in [0.25, 0.3) is 0 Å². The summed E-state index contributed by atoms with van der Waals surface area (Å²) in [7, 11) is 0.504. The van der Waals surface area contributed by atoms with Crippen molar-refractivity contribution in [2.45, 2.75) is 37.7 Å². The number of nitrogens with one attached hydrogen (secondary N) is 1. The number of hydrogen-bond donors (Lipinski definition) is 1. The maximum absolute atomic E-state index is 14.3. The van der Waals surface area contributed by atoms with Crippen molar-refractivity contribution in [1.82, 2.24) is 24.4 Å². The highest BCUT2D eigenvalue weighted by molar-refractivity contribution is 7.91. The lowest BCUT2D eigenvalue weighted by Crippen LogP contribution is -2.39. The van der Waals surface area contributed by atoms with Crippen molar-refractivity contribution in [1.29, 1.82) is 0 Å². The number of imidazole rings is 1. The number of piperidine rings is 1. The molecule has 2 aromatic heterocycles. The van der Waals surface area contributed by atoms with Gasteiger partial charge in [0.15, 0.2) is 17.3 Å². The van der Waals surface area contributed by atoms with Crippen LogP contribution in [0.1, 0.15) is 29.7 Å². The first-order valence-corrected chi connectivity index (χ1v) is 16.1. The first kappa shape index (κ1) is 31.0. The quantitative estimate of drug-likeness (QED) is 0.296. The fourth-order valence-electron chi connectivity index (χ4n) is 5.45. The molecule has 1 N–H and O–H groups in total. The molecule has 0 bridgehead atoms. The minimum absolute atomic E-state index is 0.00904. The number of anilines is 3. The predicted octanol–water partition coefficient (Wildman–Crippen LogP) is 3.87. The summed E-state index contributed by atoms with van der Waals surface area (Å²) < 4.78 is 74.0. The Balaban J connectivity index is 1.55. The Kier molecular flexibility index (Phi) is 8.86. The molecule has 2 saturated heterocycles. The number of nitrogens with zero attached hydrogens (tertiary/aromatic N) is 7. The van der Waals surface area contributed by atoms with Crippen LogP contribution >= 0.6 is 0 Å². The van der Waals surface area contributed by atoms with Gasteiger partial charge in [0, 0.05) is 57.3 Å². The Morgan fingerprint density at radius 3 is 2.49 bits per heavy atom. The third kappa shape index (κ3) is 7.04. The maximum Gasteiger partial charge on any atom is 0.416 e. The number of fused-ring (bicyclic) bond motifs is 1. The SMILES string of the molecule is Cc1nc2c(N=CN(C)C)cc(N3CCOCC3)nn2c1Nc1cccc(C(F)(F)F)c1CN1CCC(S(C)(=O)=O)CC1. The van der Waals surface area contributed by atoms with Crippen LogP contribution in [0.15, 0.2) is 29.3 Å². The average Bonchev–Trinajstić information content (AvgIpc) is 3.27. The molecule has 3 aromatic rings. The van der Waals surface area contributed by atoms with Crippen molar-refractivity contribution in [3.8, 4) is 0 Å². The second-order valence-corrected chi connectivity index (χ2v) is 13.6. The van der Waals surface area contributed by atoms with Crippen molar-refractivity contribution in [2.75, 3.05) is 70.0 Å². The van der Waals surface area contributed by atoms with Gasteiger partial charge in [0.2, 0.25) is 0 Å². The monoisotopic (exact) mass is 622 g/mol. The second-order valence-electron chi connectivity index (χ2n) is 11.2. The molecular weight excluding hydrogens is 585 g/mol.